The Labute approximate surface area is 101 Å². The second-order valence-electron chi connectivity index (χ2n) is 4.11. The standard InChI is InChI=1S/C13H18FNO2/c1-2-15-8-10-4-3-5-12(14)13(10)17-11-6-7-16-9-11/h3-5,11,15H,2,6-9H2,1H3. The second-order valence-corrected chi connectivity index (χ2v) is 4.11. The summed E-state index contributed by atoms with van der Waals surface area (Å²) in [6, 6.07) is 5.03. The van der Waals surface area contributed by atoms with Crippen molar-refractivity contribution in [2.45, 2.75) is 26.0 Å². The van der Waals surface area contributed by atoms with E-state index in [1.807, 2.05) is 13.0 Å². The molecule has 1 unspecified atom stereocenters. The van der Waals surface area contributed by atoms with Crippen LogP contribution in [-0.4, -0.2) is 25.9 Å². The molecule has 0 amide bonds. The molecule has 1 aliphatic rings. The highest BCUT2D eigenvalue weighted by Crippen LogP contribution is 2.25. The summed E-state index contributed by atoms with van der Waals surface area (Å²) in [7, 11) is 0. The highest BCUT2D eigenvalue weighted by Gasteiger charge is 2.20. The van der Waals surface area contributed by atoms with Gasteiger partial charge in [0.15, 0.2) is 11.6 Å². The molecule has 4 heteroatoms. The molecule has 0 aromatic heterocycles. The molecule has 1 aromatic carbocycles. The molecule has 0 radical (unpaired) electrons. The van der Waals surface area contributed by atoms with Crippen molar-refractivity contribution in [1.29, 1.82) is 0 Å². The third-order valence-corrected chi connectivity index (χ3v) is 2.79. The summed E-state index contributed by atoms with van der Waals surface area (Å²) in [5.41, 5.74) is 0.860. The van der Waals surface area contributed by atoms with Crippen LogP contribution in [-0.2, 0) is 11.3 Å². The van der Waals surface area contributed by atoms with E-state index in [1.54, 1.807) is 6.07 Å². The van der Waals surface area contributed by atoms with Gasteiger partial charge in [0, 0.05) is 18.5 Å². The van der Waals surface area contributed by atoms with Crippen molar-refractivity contribution in [1.82, 2.24) is 5.32 Å². The summed E-state index contributed by atoms with van der Waals surface area (Å²) in [6.45, 7) is 4.74. The Balaban J connectivity index is 2.11. The molecule has 1 aromatic rings. The molecular weight excluding hydrogens is 221 g/mol. The van der Waals surface area contributed by atoms with Crippen molar-refractivity contribution in [3.8, 4) is 5.75 Å². The fourth-order valence-corrected chi connectivity index (χ4v) is 1.86. The molecule has 1 heterocycles. The summed E-state index contributed by atoms with van der Waals surface area (Å²) in [5, 5.41) is 3.18. The first-order valence-electron chi connectivity index (χ1n) is 6.03. The van der Waals surface area contributed by atoms with Gasteiger partial charge >= 0.3 is 0 Å². The second kappa shape index (κ2) is 5.98. The van der Waals surface area contributed by atoms with Gasteiger partial charge in [-0.05, 0) is 12.6 Å². The minimum absolute atomic E-state index is 0.0210. The minimum atomic E-state index is -0.299. The molecule has 0 spiro atoms. The number of para-hydroxylation sites is 1. The summed E-state index contributed by atoms with van der Waals surface area (Å²) < 4.78 is 24.7. The average Bonchev–Trinajstić information content (AvgIpc) is 2.83. The zero-order chi connectivity index (χ0) is 12.1. The van der Waals surface area contributed by atoms with Crippen LogP contribution in [0.4, 0.5) is 4.39 Å². The Morgan fingerprint density at radius 1 is 1.53 bits per heavy atom. The molecule has 1 atom stereocenters. The largest absolute Gasteiger partial charge is 0.485 e. The lowest BCUT2D eigenvalue weighted by molar-refractivity contribution is 0.137. The molecule has 1 saturated heterocycles. The highest BCUT2D eigenvalue weighted by molar-refractivity contribution is 5.35. The van der Waals surface area contributed by atoms with Gasteiger partial charge in [-0.15, -0.1) is 0 Å². The Bertz CT molecular complexity index is 364. The number of ether oxygens (including phenoxy) is 2. The lowest BCUT2D eigenvalue weighted by Crippen LogP contribution is -2.19. The zero-order valence-electron chi connectivity index (χ0n) is 10.0. The molecule has 1 N–H and O–H groups in total. The molecule has 2 rings (SSSR count). The van der Waals surface area contributed by atoms with Crippen LogP contribution < -0.4 is 10.1 Å². The monoisotopic (exact) mass is 239 g/mol. The van der Waals surface area contributed by atoms with Gasteiger partial charge in [0.2, 0.25) is 0 Å². The van der Waals surface area contributed by atoms with E-state index < -0.39 is 0 Å². The van der Waals surface area contributed by atoms with Crippen molar-refractivity contribution in [3.05, 3.63) is 29.6 Å². The highest BCUT2D eigenvalue weighted by atomic mass is 19.1. The van der Waals surface area contributed by atoms with E-state index in [0.29, 0.717) is 25.5 Å². The number of rotatable bonds is 5. The average molecular weight is 239 g/mol. The van der Waals surface area contributed by atoms with Gasteiger partial charge in [-0.25, -0.2) is 4.39 Å². The fourth-order valence-electron chi connectivity index (χ4n) is 1.86. The van der Waals surface area contributed by atoms with E-state index in [-0.39, 0.29) is 11.9 Å². The van der Waals surface area contributed by atoms with Crippen molar-refractivity contribution >= 4 is 0 Å². The maximum absolute atomic E-state index is 13.7. The Morgan fingerprint density at radius 3 is 3.12 bits per heavy atom. The number of halogens is 1. The lowest BCUT2D eigenvalue weighted by Gasteiger charge is -2.16. The maximum atomic E-state index is 13.7. The first-order valence-corrected chi connectivity index (χ1v) is 6.03. The SMILES string of the molecule is CCNCc1cccc(F)c1OC1CCOC1. The van der Waals surface area contributed by atoms with Crippen LogP contribution in [0.15, 0.2) is 18.2 Å². The quantitative estimate of drug-likeness (QED) is 0.853. The summed E-state index contributed by atoms with van der Waals surface area (Å²) in [6.07, 6.45) is 0.807. The van der Waals surface area contributed by atoms with Crippen LogP contribution in [0.1, 0.15) is 18.9 Å². The van der Waals surface area contributed by atoms with Crippen molar-refractivity contribution in [2.24, 2.45) is 0 Å². The fraction of sp³-hybridized carbons (Fsp3) is 0.538. The van der Waals surface area contributed by atoms with Crippen molar-refractivity contribution in [2.75, 3.05) is 19.8 Å². The molecule has 1 aliphatic heterocycles. The molecule has 0 saturated carbocycles. The van der Waals surface area contributed by atoms with Crippen LogP contribution in [0.3, 0.4) is 0 Å². The molecule has 94 valence electrons. The van der Waals surface area contributed by atoms with Gasteiger partial charge in [-0.1, -0.05) is 19.1 Å². The van der Waals surface area contributed by atoms with E-state index in [4.69, 9.17) is 9.47 Å². The smallest absolute Gasteiger partial charge is 0.165 e. The van der Waals surface area contributed by atoms with Gasteiger partial charge in [-0.2, -0.15) is 0 Å². The van der Waals surface area contributed by atoms with Gasteiger partial charge in [0.05, 0.1) is 13.2 Å². The van der Waals surface area contributed by atoms with Crippen LogP contribution >= 0.6 is 0 Å². The predicted molar refractivity (Wildman–Crippen MR) is 63.6 cm³/mol. The number of nitrogens with one attached hydrogen (secondary N) is 1. The van der Waals surface area contributed by atoms with Gasteiger partial charge in [0.25, 0.3) is 0 Å². The Morgan fingerprint density at radius 2 is 2.41 bits per heavy atom. The third-order valence-electron chi connectivity index (χ3n) is 2.79. The Kier molecular flexibility index (Phi) is 4.34. The molecule has 0 aliphatic carbocycles. The molecule has 0 bridgehead atoms. The van der Waals surface area contributed by atoms with Crippen LogP contribution in [0.2, 0.25) is 0 Å². The van der Waals surface area contributed by atoms with Gasteiger partial charge in [0.1, 0.15) is 6.10 Å². The van der Waals surface area contributed by atoms with E-state index in [2.05, 4.69) is 5.32 Å². The topological polar surface area (TPSA) is 30.5 Å². The van der Waals surface area contributed by atoms with Crippen molar-refractivity contribution < 1.29 is 13.9 Å². The summed E-state index contributed by atoms with van der Waals surface area (Å²) in [4.78, 5) is 0. The third kappa shape index (κ3) is 3.17. The Hall–Kier alpha value is -1.13. The van der Waals surface area contributed by atoms with E-state index >= 15 is 0 Å². The number of hydrogen-bond donors (Lipinski definition) is 1. The normalized spacial score (nSPS) is 19.5. The van der Waals surface area contributed by atoms with E-state index in [9.17, 15) is 4.39 Å². The number of benzene rings is 1. The van der Waals surface area contributed by atoms with Crippen LogP contribution in [0.5, 0.6) is 5.75 Å². The van der Waals surface area contributed by atoms with Crippen LogP contribution in [0.25, 0.3) is 0 Å². The van der Waals surface area contributed by atoms with Gasteiger partial charge in [-0.3, -0.25) is 0 Å². The van der Waals surface area contributed by atoms with Crippen LogP contribution in [0, 0.1) is 5.82 Å². The molecule has 1 fully saturated rings. The first-order chi connectivity index (χ1) is 8.31. The zero-order valence-corrected chi connectivity index (χ0v) is 10.0. The van der Waals surface area contributed by atoms with Gasteiger partial charge < -0.3 is 14.8 Å². The predicted octanol–water partition coefficient (Wildman–Crippen LogP) is 2.10. The number of hydrogen-bond acceptors (Lipinski definition) is 3. The maximum Gasteiger partial charge on any atom is 0.165 e. The van der Waals surface area contributed by atoms with Crippen molar-refractivity contribution in [3.63, 3.8) is 0 Å². The molecule has 3 nitrogen and oxygen atoms in total. The summed E-state index contributed by atoms with van der Waals surface area (Å²) in [5.74, 6) is 0.0660. The van der Waals surface area contributed by atoms with E-state index in [1.165, 1.54) is 6.07 Å². The van der Waals surface area contributed by atoms with E-state index in [0.717, 1.165) is 18.5 Å². The summed E-state index contributed by atoms with van der Waals surface area (Å²) >= 11 is 0. The molecule has 17 heavy (non-hydrogen) atoms. The lowest BCUT2D eigenvalue weighted by atomic mass is 10.2. The first kappa shape index (κ1) is 12.3. The molecular formula is C13H18FNO2. The minimum Gasteiger partial charge on any atom is -0.485 e.